The van der Waals surface area contributed by atoms with Crippen LogP contribution in [-0.2, 0) is 4.57 Å². The van der Waals surface area contributed by atoms with Gasteiger partial charge in [0.25, 0.3) is 0 Å². The third-order valence-corrected chi connectivity index (χ3v) is 0. The second-order valence-electron chi connectivity index (χ2n) is 0.796. The molecule has 0 aliphatic heterocycles. The zero-order valence-electron chi connectivity index (χ0n) is 6.00. The van der Waals surface area contributed by atoms with Crippen molar-refractivity contribution in [2.24, 2.45) is 0 Å². The summed E-state index contributed by atoms with van der Waals surface area (Å²) < 4.78 is 8.88. The smallest absolute Gasteiger partial charge is 1.00 e. The Bertz CT molecular complexity index is 118. The molecule has 0 aromatic carbocycles. The van der Waals surface area contributed by atoms with Gasteiger partial charge in [0.15, 0.2) is 0 Å². The van der Waals surface area contributed by atoms with Crippen molar-refractivity contribution < 1.29 is 87.1 Å². The van der Waals surface area contributed by atoms with E-state index in [9.17, 15) is 0 Å². The fourth-order valence-corrected chi connectivity index (χ4v) is 0. The van der Waals surface area contributed by atoms with Gasteiger partial charge in [0, 0.05) is 0 Å². The van der Waals surface area contributed by atoms with Crippen LogP contribution in [0.2, 0.25) is 0 Å². The van der Waals surface area contributed by atoms with E-state index in [-0.39, 0.29) is 52.8 Å². The Morgan fingerprint density at radius 1 is 1.20 bits per heavy atom. The third kappa shape index (κ3) is 561. The molecule has 0 saturated carbocycles. The monoisotopic (exact) mass is 200 g/mol. The van der Waals surface area contributed by atoms with Crippen molar-refractivity contribution in [3.8, 4) is 0 Å². The maximum absolute atomic E-state index is 8.88. The Morgan fingerprint density at radius 3 is 1.20 bits per heavy atom. The minimum Gasteiger partial charge on any atom is -1.00 e. The van der Waals surface area contributed by atoms with Crippen LogP contribution in [0.25, 0.3) is 0 Å². The van der Waals surface area contributed by atoms with Crippen LogP contribution in [0.1, 0.15) is 1.43 Å². The van der Waals surface area contributed by atoms with Crippen molar-refractivity contribution in [2.45, 2.75) is 0 Å². The largest absolute Gasteiger partial charge is 1.00 e. The van der Waals surface area contributed by atoms with E-state index < -0.39 is 14.0 Å². The third-order valence-electron chi connectivity index (χ3n) is 0. The Morgan fingerprint density at radius 2 is 1.20 bits per heavy atom. The van der Waals surface area contributed by atoms with E-state index in [1.807, 2.05) is 0 Å². The van der Waals surface area contributed by atoms with E-state index in [1.54, 1.807) is 0 Å². The second-order valence-corrected chi connectivity index (χ2v) is 1.82. The van der Waals surface area contributed by atoms with E-state index in [1.165, 1.54) is 0 Å². The zero-order chi connectivity index (χ0) is 8.08. The Kier molecular flexibility index (Phi) is 14.0. The first-order chi connectivity index (χ1) is 3.73. The summed E-state index contributed by atoms with van der Waals surface area (Å²) in [6, 6.07) is 0. The van der Waals surface area contributed by atoms with E-state index in [0.29, 0.717) is 0 Å². The Balaban J connectivity index is -0.0000000383. The van der Waals surface area contributed by atoms with Crippen molar-refractivity contribution in [2.75, 3.05) is 0 Å². The summed E-state index contributed by atoms with van der Waals surface area (Å²) in [7, 11) is -4.64. The molecule has 0 rings (SSSR count). The van der Waals surface area contributed by atoms with Gasteiger partial charge >= 0.3 is 65.4 Å². The van der Waals surface area contributed by atoms with Crippen LogP contribution in [0.4, 0.5) is 4.79 Å². The molecule has 7 nitrogen and oxygen atoms in total. The number of hydrogen-bond donors (Lipinski definition) is 5. The van der Waals surface area contributed by atoms with Crippen molar-refractivity contribution in [1.82, 2.24) is 0 Å². The molecule has 0 fully saturated rings. The second kappa shape index (κ2) is 8.12. The number of hydrogen-bond acceptors (Lipinski definition) is 2. The average molecular weight is 200 g/mol. The van der Waals surface area contributed by atoms with Crippen molar-refractivity contribution in [1.29, 1.82) is 0 Å². The van der Waals surface area contributed by atoms with Crippen LogP contribution >= 0.6 is 7.82 Å². The molecule has 0 aromatic rings. The fraction of sp³-hybridized carbons (Fsp3) is 0. The quantitative estimate of drug-likeness (QED) is 0.201. The van der Waals surface area contributed by atoms with Gasteiger partial charge in [-0.1, -0.05) is 0 Å². The summed E-state index contributed by atoms with van der Waals surface area (Å²) in [6.07, 6.45) is -1.83. The summed E-state index contributed by atoms with van der Waals surface area (Å²) in [4.78, 5) is 30.1. The molecular weight excluding hydrogens is 194 g/mol. The van der Waals surface area contributed by atoms with Gasteiger partial charge in [-0.15, -0.1) is 0 Å². The molecular formula is CH6KO7P. The molecule has 10 heavy (non-hydrogen) atoms. The van der Waals surface area contributed by atoms with Gasteiger partial charge in [-0.3, -0.25) is 0 Å². The number of carbonyl (C=O) groups is 1. The van der Waals surface area contributed by atoms with Crippen LogP contribution < -0.4 is 51.4 Å². The molecule has 0 atom stereocenters. The standard InChI is InChI=1S/CH2O3.K.H3O4P.H/c2-1(3)4;;1-5(2,3)4;/h(H2,2,3,4);;(H3,1,2,3,4);/q;+1;;-1. The molecule has 0 heterocycles. The first kappa shape index (κ1) is 17.2. The van der Waals surface area contributed by atoms with Gasteiger partial charge in [-0.2, -0.15) is 0 Å². The van der Waals surface area contributed by atoms with Crippen LogP contribution in [0.3, 0.4) is 0 Å². The van der Waals surface area contributed by atoms with Gasteiger partial charge in [-0.05, 0) is 0 Å². The predicted octanol–water partition coefficient (Wildman–Crippen LogP) is -3.59. The van der Waals surface area contributed by atoms with Crippen LogP contribution in [0.15, 0.2) is 0 Å². The number of phosphoric acid groups is 1. The molecule has 0 aliphatic carbocycles. The van der Waals surface area contributed by atoms with E-state index in [4.69, 9.17) is 34.3 Å². The van der Waals surface area contributed by atoms with E-state index >= 15 is 0 Å². The van der Waals surface area contributed by atoms with Gasteiger partial charge in [-0.25, -0.2) is 9.36 Å². The minimum absolute atomic E-state index is 0. The normalized spacial score (nSPS) is 8.30. The summed E-state index contributed by atoms with van der Waals surface area (Å²) in [6.45, 7) is 0. The molecule has 5 N–H and O–H groups in total. The molecule has 9 heteroatoms. The first-order valence-corrected chi connectivity index (χ1v) is 3.00. The molecule has 0 aliphatic rings. The van der Waals surface area contributed by atoms with Crippen molar-refractivity contribution in [3.63, 3.8) is 0 Å². The molecule has 0 aromatic heterocycles. The molecule has 0 spiro atoms. The zero-order valence-corrected chi connectivity index (χ0v) is 9.02. The summed E-state index contributed by atoms with van der Waals surface area (Å²) >= 11 is 0. The van der Waals surface area contributed by atoms with Crippen LogP contribution in [-0.4, -0.2) is 31.0 Å². The van der Waals surface area contributed by atoms with Gasteiger partial charge in [0.2, 0.25) is 0 Å². The maximum Gasteiger partial charge on any atom is 1.00 e. The molecule has 0 radical (unpaired) electrons. The van der Waals surface area contributed by atoms with Gasteiger partial charge < -0.3 is 26.3 Å². The molecule has 0 unspecified atom stereocenters. The topological polar surface area (TPSA) is 135 Å². The molecule has 0 saturated heterocycles. The number of rotatable bonds is 0. The van der Waals surface area contributed by atoms with Crippen molar-refractivity contribution >= 4 is 14.0 Å². The predicted molar refractivity (Wildman–Crippen MR) is 26.0 cm³/mol. The average Bonchev–Trinajstić information content (AvgIpc) is 1.19. The van der Waals surface area contributed by atoms with E-state index in [0.717, 1.165) is 0 Å². The number of carboxylic acid groups (broad SMARTS) is 2. The summed E-state index contributed by atoms with van der Waals surface area (Å²) in [5, 5.41) is 13.9. The molecule has 0 bridgehead atoms. The Labute approximate surface area is 99.8 Å². The maximum atomic E-state index is 8.88. The van der Waals surface area contributed by atoms with E-state index in [2.05, 4.69) is 0 Å². The molecule has 58 valence electrons. The van der Waals surface area contributed by atoms with Crippen LogP contribution in [0, 0.1) is 0 Å². The summed E-state index contributed by atoms with van der Waals surface area (Å²) in [5.74, 6) is 0. The first-order valence-electron chi connectivity index (χ1n) is 1.43. The van der Waals surface area contributed by atoms with Crippen molar-refractivity contribution in [3.05, 3.63) is 0 Å². The SMILES string of the molecule is O=C(O)O.O=P(O)(O)O.[H-].[K+]. The fourth-order valence-electron chi connectivity index (χ4n) is 0. The Hall–Kier alpha value is 1.02. The van der Waals surface area contributed by atoms with Gasteiger partial charge in [0.1, 0.15) is 0 Å². The van der Waals surface area contributed by atoms with Gasteiger partial charge in [0.05, 0.1) is 0 Å². The van der Waals surface area contributed by atoms with Crippen LogP contribution in [0.5, 0.6) is 0 Å². The molecule has 0 amide bonds. The minimum atomic E-state index is -4.64. The summed E-state index contributed by atoms with van der Waals surface area (Å²) in [5.41, 5.74) is 0.